The van der Waals surface area contributed by atoms with Crippen LogP contribution in [0.15, 0.2) is 24.3 Å². The van der Waals surface area contributed by atoms with Crippen molar-refractivity contribution in [1.29, 1.82) is 0 Å². The van der Waals surface area contributed by atoms with Gasteiger partial charge in [0.15, 0.2) is 0 Å². The van der Waals surface area contributed by atoms with Crippen LogP contribution >= 0.6 is 0 Å². The van der Waals surface area contributed by atoms with Crippen LogP contribution in [0.25, 0.3) is 0 Å². The van der Waals surface area contributed by atoms with Crippen molar-refractivity contribution in [3.63, 3.8) is 0 Å². The number of carbonyl (C=O) groups is 1. The van der Waals surface area contributed by atoms with Gasteiger partial charge in [-0.1, -0.05) is 24.6 Å². The van der Waals surface area contributed by atoms with Crippen molar-refractivity contribution < 1.29 is 14.6 Å². The number of aliphatic hydroxyl groups excluding tert-OH is 1. The molecule has 110 valence electrons. The number of aliphatic hydroxyl groups is 1. The van der Waals surface area contributed by atoms with E-state index >= 15 is 0 Å². The fraction of sp³-hybridized carbons (Fsp3) is 0.533. The molecule has 1 heterocycles. The minimum Gasteiger partial charge on any atom is -0.496 e. The topological polar surface area (TPSA) is 70.6 Å². The Balaban J connectivity index is 1.88. The molecule has 20 heavy (non-hydrogen) atoms. The summed E-state index contributed by atoms with van der Waals surface area (Å²) in [7, 11) is 1.57. The molecule has 0 aliphatic carbocycles. The van der Waals surface area contributed by atoms with E-state index in [-0.39, 0.29) is 18.5 Å². The molecule has 3 N–H and O–H groups in total. The van der Waals surface area contributed by atoms with Gasteiger partial charge in [0, 0.05) is 12.1 Å². The molecule has 0 unspecified atom stereocenters. The van der Waals surface area contributed by atoms with Crippen LogP contribution < -0.4 is 15.4 Å². The highest BCUT2D eigenvalue weighted by atomic mass is 16.5. The number of ether oxygens (including phenoxy) is 1. The molecule has 0 bridgehead atoms. The third kappa shape index (κ3) is 3.71. The first-order chi connectivity index (χ1) is 9.72. The number of benzene rings is 1. The summed E-state index contributed by atoms with van der Waals surface area (Å²) in [4.78, 5) is 12.0. The van der Waals surface area contributed by atoms with E-state index in [2.05, 4.69) is 10.6 Å². The zero-order valence-electron chi connectivity index (χ0n) is 11.8. The van der Waals surface area contributed by atoms with Crippen LogP contribution in [-0.2, 0) is 4.79 Å². The van der Waals surface area contributed by atoms with Crippen molar-refractivity contribution in [2.45, 2.75) is 31.4 Å². The minimum atomic E-state index is -0.765. The van der Waals surface area contributed by atoms with Crippen LogP contribution in [0, 0.1) is 0 Å². The number of piperidine rings is 1. The van der Waals surface area contributed by atoms with Gasteiger partial charge in [-0.05, 0) is 25.5 Å². The molecule has 0 radical (unpaired) electrons. The first kappa shape index (κ1) is 14.8. The summed E-state index contributed by atoms with van der Waals surface area (Å²) in [6.07, 6.45) is 2.28. The summed E-state index contributed by atoms with van der Waals surface area (Å²) in [5, 5.41) is 16.1. The summed E-state index contributed by atoms with van der Waals surface area (Å²) >= 11 is 0. The zero-order valence-corrected chi connectivity index (χ0v) is 11.8. The molecule has 1 saturated heterocycles. The Bertz CT molecular complexity index is 444. The van der Waals surface area contributed by atoms with Gasteiger partial charge in [-0.2, -0.15) is 0 Å². The molecule has 5 nitrogen and oxygen atoms in total. The number of hydrogen-bond acceptors (Lipinski definition) is 4. The molecule has 1 aromatic rings. The molecular formula is C15H22N2O3. The maximum Gasteiger partial charge on any atom is 0.237 e. The molecule has 1 fully saturated rings. The summed E-state index contributed by atoms with van der Waals surface area (Å²) < 4.78 is 5.20. The number of methoxy groups -OCH3 is 1. The monoisotopic (exact) mass is 278 g/mol. The predicted octanol–water partition coefficient (Wildman–Crippen LogP) is 0.987. The van der Waals surface area contributed by atoms with E-state index in [4.69, 9.17) is 4.74 Å². The maximum absolute atomic E-state index is 12.0. The number of para-hydroxylation sites is 1. The second-order valence-corrected chi connectivity index (χ2v) is 5.01. The molecule has 0 spiro atoms. The fourth-order valence-electron chi connectivity index (χ4n) is 2.45. The van der Waals surface area contributed by atoms with Crippen molar-refractivity contribution in [2.75, 3.05) is 20.2 Å². The quantitative estimate of drug-likeness (QED) is 0.751. The predicted molar refractivity (Wildman–Crippen MR) is 76.6 cm³/mol. The van der Waals surface area contributed by atoms with E-state index in [1.807, 2.05) is 12.1 Å². The first-order valence-electron chi connectivity index (χ1n) is 7.04. The Kier molecular flexibility index (Phi) is 5.38. The molecule has 2 atom stereocenters. The number of nitrogens with one attached hydrogen (secondary N) is 2. The van der Waals surface area contributed by atoms with Crippen LogP contribution in [0.5, 0.6) is 5.75 Å². The average molecular weight is 278 g/mol. The Labute approximate surface area is 119 Å². The van der Waals surface area contributed by atoms with Gasteiger partial charge in [0.05, 0.1) is 19.3 Å². The lowest BCUT2D eigenvalue weighted by Gasteiger charge is -2.23. The molecule has 2 rings (SSSR count). The smallest absolute Gasteiger partial charge is 0.237 e. The lowest BCUT2D eigenvalue weighted by molar-refractivity contribution is -0.124. The van der Waals surface area contributed by atoms with Crippen molar-refractivity contribution in [3.8, 4) is 5.75 Å². The molecular weight excluding hydrogens is 256 g/mol. The Hall–Kier alpha value is -1.59. The Morgan fingerprint density at radius 1 is 1.50 bits per heavy atom. The van der Waals surface area contributed by atoms with E-state index in [0.29, 0.717) is 11.3 Å². The molecule has 5 heteroatoms. The fourth-order valence-corrected chi connectivity index (χ4v) is 2.45. The van der Waals surface area contributed by atoms with E-state index < -0.39 is 6.10 Å². The number of carbonyl (C=O) groups excluding carboxylic acids is 1. The van der Waals surface area contributed by atoms with E-state index in [9.17, 15) is 9.90 Å². The summed E-state index contributed by atoms with van der Waals surface area (Å²) in [5.74, 6) is 0.587. The lowest BCUT2D eigenvalue weighted by Crippen LogP contribution is -2.47. The zero-order chi connectivity index (χ0) is 14.4. The van der Waals surface area contributed by atoms with Gasteiger partial charge in [-0.3, -0.25) is 4.79 Å². The lowest BCUT2D eigenvalue weighted by atomic mass is 10.0. The highest BCUT2D eigenvalue weighted by Gasteiger charge is 2.21. The average Bonchev–Trinajstić information content (AvgIpc) is 2.53. The van der Waals surface area contributed by atoms with Gasteiger partial charge >= 0.3 is 0 Å². The molecule has 1 amide bonds. The van der Waals surface area contributed by atoms with Crippen molar-refractivity contribution >= 4 is 5.91 Å². The van der Waals surface area contributed by atoms with Gasteiger partial charge in [0.1, 0.15) is 5.75 Å². The van der Waals surface area contributed by atoms with E-state index in [1.54, 1.807) is 19.2 Å². The van der Waals surface area contributed by atoms with Gasteiger partial charge in [-0.15, -0.1) is 0 Å². The van der Waals surface area contributed by atoms with Crippen molar-refractivity contribution in [1.82, 2.24) is 10.6 Å². The second-order valence-electron chi connectivity index (χ2n) is 5.01. The Morgan fingerprint density at radius 3 is 3.00 bits per heavy atom. The largest absolute Gasteiger partial charge is 0.496 e. The molecule has 1 aromatic carbocycles. The van der Waals surface area contributed by atoms with Gasteiger partial charge in [0.2, 0.25) is 5.91 Å². The summed E-state index contributed by atoms with van der Waals surface area (Å²) in [5.41, 5.74) is 0.687. The first-order valence-corrected chi connectivity index (χ1v) is 7.04. The second kappa shape index (κ2) is 7.26. The summed E-state index contributed by atoms with van der Waals surface area (Å²) in [6.45, 7) is 1.07. The third-order valence-corrected chi connectivity index (χ3v) is 3.59. The number of amides is 1. The van der Waals surface area contributed by atoms with Crippen molar-refractivity contribution in [3.05, 3.63) is 29.8 Å². The van der Waals surface area contributed by atoms with Crippen LogP contribution in [0.2, 0.25) is 0 Å². The highest BCUT2D eigenvalue weighted by molar-refractivity contribution is 5.81. The van der Waals surface area contributed by atoms with Crippen LogP contribution in [0.1, 0.15) is 30.9 Å². The van der Waals surface area contributed by atoms with Gasteiger partial charge in [0.25, 0.3) is 0 Å². The summed E-state index contributed by atoms with van der Waals surface area (Å²) in [6, 6.07) is 7.15. The van der Waals surface area contributed by atoms with Crippen LogP contribution in [0.4, 0.5) is 0 Å². The highest BCUT2D eigenvalue weighted by Crippen LogP contribution is 2.24. The van der Waals surface area contributed by atoms with Gasteiger partial charge < -0.3 is 20.5 Å². The third-order valence-electron chi connectivity index (χ3n) is 3.59. The molecule has 1 aliphatic heterocycles. The van der Waals surface area contributed by atoms with Crippen molar-refractivity contribution in [2.24, 2.45) is 0 Å². The van der Waals surface area contributed by atoms with Crippen LogP contribution in [-0.4, -0.2) is 37.3 Å². The maximum atomic E-state index is 12.0. The molecule has 0 saturated carbocycles. The SMILES string of the molecule is COc1ccccc1[C@@H](O)CNC(=O)[C@H]1CCCCN1. The van der Waals surface area contributed by atoms with Gasteiger partial charge in [-0.25, -0.2) is 0 Å². The van der Waals surface area contributed by atoms with E-state index in [1.165, 1.54) is 0 Å². The molecule has 0 aromatic heterocycles. The standard InChI is InChI=1S/C15H22N2O3/c1-20-14-8-3-2-6-11(14)13(18)10-17-15(19)12-7-4-5-9-16-12/h2-3,6,8,12-13,16,18H,4-5,7,9-10H2,1H3,(H,17,19)/t12-,13+/m1/s1. The van der Waals surface area contributed by atoms with E-state index in [0.717, 1.165) is 25.8 Å². The molecule has 1 aliphatic rings. The Morgan fingerprint density at radius 2 is 2.30 bits per heavy atom. The number of rotatable bonds is 5. The minimum absolute atomic E-state index is 0.0429. The normalized spacial score (nSPS) is 20.2. The number of hydrogen-bond donors (Lipinski definition) is 3. The van der Waals surface area contributed by atoms with Crippen LogP contribution in [0.3, 0.4) is 0 Å².